The van der Waals surface area contributed by atoms with Crippen LogP contribution in [-0.4, -0.2) is 51.7 Å². The molecule has 8 nitrogen and oxygen atoms in total. The molecule has 1 aliphatic heterocycles. The lowest BCUT2D eigenvalue weighted by Gasteiger charge is -2.32. The van der Waals surface area contributed by atoms with Gasteiger partial charge < -0.3 is 19.5 Å². The molecular weight excluding hydrogens is 382 g/mol. The summed E-state index contributed by atoms with van der Waals surface area (Å²) in [6.45, 7) is 3.01. The van der Waals surface area contributed by atoms with Crippen molar-refractivity contribution in [2.45, 2.75) is 19.5 Å². The van der Waals surface area contributed by atoms with Gasteiger partial charge in [0.15, 0.2) is 11.6 Å². The van der Waals surface area contributed by atoms with Crippen molar-refractivity contribution in [3.63, 3.8) is 0 Å². The lowest BCUT2D eigenvalue weighted by atomic mass is 10.1. The number of nitrogens with zero attached hydrogens (tertiary/aromatic N) is 4. The molecule has 1 atom stereocenters. The van der Waals surface area contributed by atoms with Crippen molar-refractivity contribution in [2.24, 2.45) is 0 Å². The number of carbonyl (C=O) groups is 2. The number of nitrogens with one attached hydrogen (secondary N) is 1. The summed E-state index contributed by atoms with van der Waals surface area (Å²) in [7, 11) is 1.46. The minimum Gasteiger partial charge on any atom is -0.375 e. The summed E-state index contributed by atoms with van der Waals surface area (Å²) in [4.78, 5) is 26.4. The van der Waals surface area contributed by atoms with Gasteiger partial charge in [-0.15, -0.1) is 10.2 Å². The summed E-state index contributed by atoms with van der Waals surface area (Å²) in [6, 6.07) is 16.8. The van der Waals surface area contributed by atoms with Gasteiger partial charge in [-0.25, -0.2) is 0 Å². The van der Waals surface area contributed by atoms with Crippen LogP contribution in [0.3, 0.4) is 0 Å². The van der Waals surface area contributed by atoms with E-state index in [0.717, 1.165) is 17.2 Å². The van der Waals surface area contributed by atoms with E-state index in [1.165, 1.54) is 7.11 Å². The Labute approximate surface area is 174 Å². The molecule has 0 saturated carbocycles. The number of hydrogen-bond acceptors (Lipinski definition) is 5. The topological polar surface area (TPSA) is 89.3 Å². The molecule has 0 spiro atoms. The molecule has 8 heteroatoms. The molecule has 30 heavy (non-hydrogen) atoms. The summed E-state index contributed by atoms with van der Waals surface area (Å²) >= 11 is 0. The Hall–Kier alpha value is -3.52. The number of aromatic nitrogens is 3. The van der Waals surface area contributed by atoms with Gasteiger partial charge in [-0.2, -0.15) is 0 Å². The zero-order chi connectivity index (χ0) is 21.1. The van der Waals surface area contributed by atoms with Gasteiger partial charge in [0.2, 0.25) is 5.91 Å². The Morgan fingerprint density at radius 1 is 1.10 bits per heavy atom. The Morgan fingerprint density at radius 3 is 2.53 bits per heavy atom. The number of carbonyl (C=O) groups excluding carboxylic acids is 2. The summed E-state index contributed by atoms with van der Waals surface area (Å²) in [5, 5.41) is 11.4. The van der Waals surface area contributed by atoms with Gasteiger partial charge in [-0.1, -0.05) is 30.3 Å². The number of amides is 2. The van der Waals surface area contributed by atoms with Crippen molar-refractivity contribution >= 4 is 17.5 Å². The third kappa shape index (κ3) is 3.95. The van der Waals surface area contributed by atoms with E-state index in [1.54, 1.807) is 29.2 Å². The largest absolute Gasteiger partial charge is 0.375 e. The van der Waals surface area contributed by atoms with E-state index in [9.17, 15) is 9.59 Å². The SMILES string of the molecule is COCC(=O)Nc1ccc(C(=O)N2Cc3nnc(-c4ccccc4)n3[C@@H](C)C2)cc1. The second kappa shape index (κ2) is 8.46. The monoisotopic (exact) mass is 405 g/mol. The van der Waals surface area contributed by atoms with Gasteiger partial charge in [0.1, 0.15) is 6.61 Å². The highest BCUT2D eigenvalue weighted by molar-refractivity contribution is 5.96. The fraction of sp³-hybridized carbons (Fsp3) is 0.273. The molecule has 0 unspecified atom stereocenters. The average molecular weight is 405 g/mol. The average Bonchev–Trinajstić information content (AvgIpc) is 3.19. The molecule has 0 bridgehead atoms. The fourth-order valence-electron chi connectivity index (χ4n) is 3.68. The first-order valence-electron chi connectivity index (χ1n) is 9.74. The molecule has 1 aliphatic rings. The minimum absolute atomic E-state index is 0.0159. The molecule has 1 N–H and O–H groups in total. The predicted molar refractivity (Wildman–Crippen MR) is 112 cm³/mol. The molecule has 0 radical (unpaired) electrons. The maximum absolute atomic E-state index is 13.0. The van der Waals surface area contributed by atoms with Gasteiger partial charge in [0.25, 0.3) is 5.91 Å². The van der Waals surface area contributed by atoms with E-state index in [0.29, 0.717) is 24.3 Å². The zero-order valence-corrected chi connectivity index (χ0v) is 16.9. The van der Waals surface area contributed by atoms with Crippen LogP contribution < -0.4 is 5.32 Å². The Bertz CT molecular complexity index is 1050. The first-order chi connectivity index (χ1) is 14.6. The number of rotatable bonds is 5. The van der Waals surface area contributed by atoms with Gasteiger partial charge in [-0.05, 0) is 31.2 Å². The van der Waals surface area contributed by atoms with Crippen molar-refractivity contribution in [3.8, 4) is 11.4 Å². The first kappa shape index (κ1) is 19.8. The van der Waals surface area contributed by atoms with Crippen LogP contribution in [0.1, 0.15) is 29.1 Å². The van der Waals surface area contributed by atoms with Crippen LogP contribution in [0.15, 0.2) is 54.6 Å². The molecule has 0 aliphatic carbocycles. The van der Waals surface area contributed by atoms with Crippen molar-refractivity contribution < 1.29 is 14.3 Å². The van der Waals surface area contributed by atoms with Crippen LogP contribution in [-0.2, 0) is 16.1 Å². The van der Waals surface area contributed by atoms with Crippen LogP contribution in [0.2, 0.25) is 0 Å². The van der Waals surface area contributed by atoms with Gasteiger partial charge in [0, 0.05) is 30.5 Å². The molecule has 1 aromatic heterocycles. The van der Waals surface area contributed by atoms with E-state index < -0.39 is 0 Å². The molecule has 4 rings (SSSR count). The van der Waals surface area contributed by atoms with Crippen molar-refractivity contribution in [1.29, 1.82) is 0 Å². The normalized spacial score (nSPS) is 15.5. The van der Waals surface area contributed by atoms with Crippen molar-refractivity contribution in [3.05, 3.63) is 66.0 Å². The summed E-state index contributed by atoms with van der Waals surface area (Å²) in [5.74, 6) is 1.27. The van der Waals surface area contributed by atoms with Crippen LogP contribution in [0.5, 0.6) is 0 Å². The third-order valence-corrected chi connectivity index (χ3v) is 5.03. The quantitative estimate of drug-likeness (QED) is 0.705. The van der Waals surface area contributed by atoms with E-state index in [2.05, 4.69) is 27.0 Å². The van der Waals surface area contributed by atoms with E-state index in [-0.39, 0.29) is 24.5 Å². The maximum Gasteiger partial charge on any atom is 0.254 e. The van der Waals surface area contributed by atoms with E-state index >= 15 is 0 Å². The summed E-state index contributed by atoms with van der Waals surface area (Å²) < 4.78 is 6.90. The van der Waals surface area contributed by atoms with Crippen molar-refractivity contribution in [2.75, 3.05) is 25.6 Å². The molecule has 0 fully saturated rings. The highest BCUT2D eigenvalue weighted by Gasteiger charge is 2.30. The Balaban J connectivity index is 1.49. The third-order valence-electron chi connectivity index (χ3n) is 5.03. The number of fused-ring (bicyclic) bond motifs is 1. The molecule has 154 valence electrons. The van der Waals surface area contributed by atoms with E-state index in [1.807, 2.05) is 30.3 Å². The van der Waals surface area contributed by atoms with Gasteiger partial charge >= 0.3 is 0 Å². The summed E-state index contributed by atoms with van der Waals surface area (Å²) in [6.07, 6.45) is 0. The first-order valence-corrected chi connectivity index (χ1v) is 9.74. The standard InChI is InChI=1S/C22H23N5O3/c1-15-12-26(13-19-24-25-21(27(15)19)16-6-4-3-5-7-16)22(29)17-8-10-18(11-9-17)23-20(28)14-30-2/h3-11,15H,12-14H2,1-2H3,(H,23,28)/t15-/m0/s1. The number of ether oxygens (including phenoxy) is 1. The number of methoxy groups -OCH3 is 1. The molecule has 2 heterocycles. The second-order valence-corrected chi connectivity index (χ2v) is 7.27. The van der Waals surface area contributed by atoms with Crippen molar-refractivity contribution in [1.82, 2.24) is 19.7 Å². The molecule has 0 saturated heterocycles. The van der Waals surface area contributed by atoms with E-state index in [4.69, 9.17) is 4.74 Å². The predicted octanol–water partition coefficient (Wildman–Crippen LogP) is 2.75. The van der Waals surface area contributed by atoms with Crippen LogP contribution >= 0.6 is 0 Å². The highest BCUT2D eigenvalue weighted by atomic mass is 16.5. The summed E-state index contributed by atoms with van der Waals surface area (Å²) in [5.41, 5.74) is 2.19. The second-order valence-electron chi connectivity index (χ2n) is 7.27. The van der Waals surface area contributed by atoms with Crippen LogP contribution in [0.4, 0.5) is 5.69 Å². The Kier molecular flexibility index (Phi) is 5.58. The van der Waals surface area contributed by atoms with Gasteiger partial charge in [0.05, 0.1) is 12.6 Å². The fourth-order valence-corrected chi connectivity index (χ4v) is 3.68. The Morgan fingerprint density at radius 2 is 1.83 bits per heavy atom. The number of benzene rings is 2. The molecule has 3 aromatic rings. The lowest BCUT2D eigenvalue weighted by Crippen LogP contribution is -2.40. The van der Waals surface area contributed by atoms with Crippen LogP contribution in [0.25, 0.3) is 11.4 Å². The molecule has 2 amide bonds. The number of anilines is 1. The zero-order valence-electron chi connectivity index (χ0n) is 16.9. The maximum atomic E-state index is 13.0. The lowest BCUT2D eigenvalue weighted by molar-refractivity contribution is -0.119. The smallest absolute Gasteiger partial charge is 0.254 e. The number of hydrogen-bond donors (Lipinski definition) is 1. The molecule has 2 aromatic carbocycles. The highest BCUT2D eigenvalue weighted by Crippen LogP contribution is 2.28. The van der Waals surface area contributed by atoms with Crippen LogP contribution in [0, 0.1) is 0 Å². The van der Waals surface area contributed by atoms with Gasteiger partial charge in [-0.3, -0.25) is 9.59 Å². The molecular formula is C22H23N5O3. The minimum atomic E-state index is -0.241.